The van der Waals surface area contributed by atoms with Gasteiger partial charge in [-0.1, -0.05) is 42.6 Å². The molecule has 1 aliphatic heterocycles. The molecular weight excluding hydrogens is 437 g/mol. The largest absolute Gasteiger partial charge is 0.507 e. The summed E-state index contributed by atoms with van der Waals surface area (Å²) < 4.78 is 25.4. The number of Topliss-reactive ketones (excluding diaryl/α,β-unsaturated/α-hetero) is 1. The lowest BCUT2D eigenvalue weighted by Crippen LogP contribution is -2.38. The summed E-state index contributed by atoms with van der Waals surface area (Å²) in [6.45, 7) is 0. The summed E-state index contributed by atoms with van der Waals surface area (Å²) >= 11 is 6.25. The van der Waals surface area contributed by atoms with E-state index in [1.807, 2.05) is 0 Å². The van der Waals surface area contributed by atoms with Crippen LogP contribution in [0, 0.1) is 5.82 Å². The van der Waals surface area contributed by atoms with Gasteiger partial charge in [0.15, 0.2) is 0 Å². The van der Waals surface area contributed by atoms with Gasteiger partial charge < -0.3 is 19.5 Å². The number of rotatable bonds is 5. The molecule has 1 N–H and O–H groups in total. The Hall–Kier alpha value is -3.06. The summed E-state index contributed by atoms with van der Waals surface area (Å²) in [7, 11) is 2.83. The predicted octanol–water partition coefficient (Wildman–Crippen LogP) is 4.86. The number of nitrogens with zero attached hydrogens (tertiary/aromatic N) is 1. The zero-order valence-corrected chi connectivity index (χ0v) is 18.5. The monoisotopic (exact) mass is 459 g/mol. The average molecular weight is 460 g/mol. The molecule has 2 aromatic rings. The summed E-state index contributed by atoms with van der Waals surface area (Å²) in [5.41, 5.74) is 0.0781. The van der Waals surface area contributed by atoms with Gasteiger partial charge in [-0.05, 0) is 25.0 Å². The number of benzene rings is 2. The van der Waals surface area contributed by atoms with Crippen LogP contribution in [0.1, 0.15) is 42.9 Å². The lowest BCUT2D eigenvalue weighted by molar-refractivity contribution is -0.141. The van der Waals surface area contributed by atoms with Crippen molar-refractivity contribution in [1.29, 1.82) is 0 Å². The van der Waals surface area contributed by atoms with Gasteiger partial charge in [-0.3, -0.25) is 9.59 Å². The van der Waals surface area contributed by atoms with Crippen molar-refractivity contribution < 1.29 is 28.6 Å². The van der Waals surface area contributed by atoms with E-state index >= 15 is 0 Å². The SMILES string of the molecule is COc1cc(OC)c(/C(O)=C2\C(=O)C(=O)N(C3CCCC3)C2c2ccccc2F)cc1Cl. The number of aliphatic hydroxyl groups is 1. The minimum Gasteiger partial charge on any atom is -0.507 e. The summed E-state index contributed by atoms with van der Waals surface area (Å²) in [5, 5.41) is 11.5. The average Bonchev–Trinajstić information content (AvgIpc) is 3.40. The first-order chi connectivity index (χ1) is 15.4. The number of hydrogen-bond donors (Lipinski definition) is 1. The van der Waals surface area contributed by atoms with Gasteiger partial charge in [0.2, 0.25) is 0 Å². The molecule has 0 aromatic heterocycles. The third kappa shape index (κ3) is 3.60. The molecule has 4 rings (SSSR count). The van der Waals surface area contributed by atoms with Crippen LogP contribution < -0.4 is 9.47 Å². The highest BCUT2D eigenvalue weighted by atomic mass is 35.5. The van der Waals surface area contributed by atoms with E-state index < -0.39 is 29.3 Å². The molecule has 0 spiro atoms. The third-order valence-electron chi connectivity index (χ3n) is 6.13. The molecule has 1 amide bonds. The third-order valence-corrected chi connectivity index (χ3v) is 6.42. The van der Waals surface area contributed by atoms with E-state index in [2.05, 4.69) is 0 Å². The molecule has 1 aliphatic carbocycles. The van der Waals surface area contributed by atoms with Crippen LogP contribution in [0.3, 0.4) is 0 Å². The second kappa shape index (κ2) is 8.82. The quantitative estimate of drug-likeness (QED) is 0.392. The first-order valence-electron chi connectivity index (χ1n) is 10.4. The van der Waals surface area contributed by atoms with Gasteiger partial charge in [-0.15, -0.1) is 0 Å². The van der Waals surface area contributed by atoms with Crippen LogP contribution in [0.25, 0.3) is 5.76 Å². The van der Waals surface area contributed by atoms with Crippen LogP contribution in [0.15, 0.2) is 42.0 Å². The number of carbonyl (C=O) groups is 2. The number of ketones is 1. The first kappa shape index (κ1) is 22.1. The lowest BCUT2D eigenvalue weighted by Gasteiger charge is -2.31. The summed E-state index contributed by atoms with van der Waals surface area (Å²) in [5.74, 6) is -2.13. The number of aliphatic hydroxyl groups excluding tert-OH is 1. The Labute approximate surface area is 190 Å². The fourth-order valence-corrected chi connectivity index (χ4v) is 4.84. The number of ether oxygens (including phenoxy) is 2. The number of amides is 1. The molecule has 6 nitrogen and oxygen atoms in total. The zero-order chi connectivity index (χ0) is 23.0. The topological polar surface area (TPSA) is 76.1 Å². The molecule has 1 saturated heterocycles. The van der Waals surface area contributed by atoms with Crippen LogP contribution >= 0.6 is 11.6 Å². The van der Waals surface area contributed by atoms with Gasteiger partial charge in [0, 0.05) is 17.7 Å². The van der Waals surface area contributed by atoms with Gasteiger partial charge in [0.05, 0.1) is 36.4 Å². The Balaban J connectivity index is 1.95. The second-order valence-corrected chi connectivity index (χ2v) is 8.26. The molecule has 1 saturated carbocycles. The highest BCUT2D eigenvalue weighted by molar-refractivity contribution is 6.46. The van der Waals surface area contributed by atoms with Crippen molar-refractivity contribution in [2.24, 2.45) is 0 Å². The maximum Gasteiger partial charge on any atom is 0.295 e. The Morgan fingerprint density at radius 3 is 2.38 bits per heavy atom. The molecule has 2 fully saturated rings. The molecule has 2 aliphatic rings. The highest BCUT2D eigenvalue weighted by Gasteiger charge is 2.50. The Morgan fingerprint density at radius 1 is 1.09 bits per heavy atom. The first-order valence-corrected chi connectivity index (χ1v) is 10.7. The van der Waals surface area contributed by atoms with Crippen LogP contribution in [0.5, 0.6) is 11.5 Å². The lowest BCUT2D eigenvalue weighted by atomic mass is 9.94. The van der Waals surface area contributed by atoms with Crippen LogP contribution in [-0.2, 0) is 9.59 Å². The minimum absolute atomic E-state index is 0.115. The zero-order valence-electron chi connectivity index (χ0n) is 17.7. The van der Waals surface area contributed by atoms with E-state index in [4.69, 9.17) is 21.1 Å². The van der Waals surface area contributed by atoms with Crippen molar-refractivity contribution in [1.82, 2.24) is 4.90 Å². The Morgan fingerprint density at radius 2 is 1.75 bits per heavy atom. The van der Waals surface area contributed by atoms with Crippen molar-refractivity contribution in [2.45, 2.75) is 37.8 Å². The number of hydrogen-bond acceptors (Lipinski definition) is 5. The van der Waals surface area contributed by atoms with Gasteiger partial charge in [-0.2, -0.15) is 0 Å². The Kier molecular flexibility index (Phi) is 6.11. The predicted molar refractivity (Wildman–Crippen MR) is 117 cm³/mol. The molecular formula is C24H23ClFNO5. The summed E-state index contributed by atoms with van der Waals surface area (Å²) in [6.07, 6.45) is 3.27. The number of carbonyl (C=O) groups excluding carboxylic acids is 2. The molecule has 1 heterocycles. The fourth-order valence-electron chi connectivity index (χ4n) is 4.60. The number of likely N-dealkylation sites (tertiary alicyclic amines) is 1. The van der Waals surface area contributed by atoms with Gasteiger partial charge in [0.25, 0.3) is 11.7 Å². The summed E-state index contributed by atoms with van der Waals surface area (Å²) in [6, 6.07) is 7.59. The van der Waals surface area contributed by atoms with Gasteiger partial charge >= 0.3 is 0 Å². The maximum absolute atomic E-state index is 14.9. The Bertz CT molecular complexity index is 1110. The van der Waals surface area contributed by atoms with Crippen molar-refractivity contribution in [3.8, 4) is 11.5 Å². The molecule has 1 unspecified atom stereocenters. The molecule has 0 radical (unpaired) electrons. The van der Waals surface area contributed by atoms with E-state index in [1.54, 1.807) is 6.07 Å². The summed E-state index contributed by atoms with van der Waals surface area (Å²) in [4.78, 5) is 27.7. The number of methoxy groups -OCH3 is 2. The van der Waals surface area contributed by atoms with E-state index in [0.29, 0.717) is 5.75 Å². The van der Waals surface area contributed by atoms with Crippen molar-refractivity contribution >= 4 is 29.1 Å². The van der Waals surface area contributed by atoms with E-state index in [-0.39, 0.29) is 33.5 Å². The van der Waals surface area contributed by atoms with Crippen LogP contribution in [-0.4, -0.2) is 42.0 Å². The van der Waals surface area contributed by atoms with E-state index in [1.165, 1.54) is 49.5 Å². The van der Waals surface area contributed by atoms with Crippen LogP contribution in [0.2, 0.25) is 5.02 Å². The van der Waals surface area contributed by atoms with E-state index in [9.17, 15) is 19.1 Å². The van der Waals surface area contributed by atoms with Crippen molar-refractivity contribution in [2.75, 3.05) is 14.2 Å². The van der Waals surface area contributed by atoms with Gasteiger partial charge in [-0.25, -0.2) is 4.39 Å². The molecule has 8 heteroatoms. The fraction of sp³-hybridized carbons (Fsp3) is 0.333. The normalized spacial score (nSPS) is 20.8. The standard InChI is InChI=1S/C24H23ClFNO5/c1-31-18-12-19(32-2)16(25)11-15(18)22(28)20-21(14-9-5-6-10-17(14)26)27(24(30)23(20)29)13-7-3-4-8-13/h5-6,9-13,21,28H,3-4,7-8H2,1-2H3/b22-20+. The molecule has 32 heavy (non-hydrogen) atoms. The molecule has 0 bridgehead atoms. The number of halogens is 2. The molecule has 168 valence electrons. The maximum atomic E-state index is 14.9. The van der Waals surface area contributed by atoms with E-state index in [0.717, 1.165) is 25.7 Å². The van der Waals surface area contributed by atoms with Gasteiger partial charge in [0.1, 0.15) is 23.1 Å². The van der Waals surface area contributed by atoms with Crippen molar-refractivity contribution in [3.05, 3.63) is 63.9 Å². The second-order valence-electron chi connectivity index (χ2n) is 7.85. The molecule has 1 atom stereocenters. The molecule has 2 aromatic carbocycles. The minimum atomic E-state index is -1.05. The highest BCUT2D eigenvalue weighted by Crippen LogP contribution is 2.46. The van der Waals surface area contributed by atoms with Crippen LogP contribution in [0.4, 0.5) is 4.39 Å². The van der Waals surface area contributed by atoms with Crippen molar-refractivity contribution in [3.63, 3.8) is 0 Å². The smallest absolute Gasteiger partial charge is 0.295 e.